The molecule has 2 fully saturated rings. The summed E-state index contributed by atoms with van der Waals surface area (Å²) in [4.78, 5) is 52.9. The quantitative estimate of drug-likeness (QED) is 0.210. The number of fused-ring (bicyclic) bond motifs is 1. The Hall–Kier alpha value is -5.51. The highest BCUT2D eigenvalue weighted by Gasteiger charge is 2.57. The lowest BCUT2D eigenvalue weighted by atomic mass is 9.91. The van der Waals surface area contributed by atoms with Crippen molar-refractivity contribution in [3.8, 4) is 11.8 Å². The van der Waals surface area contributed by atoms with Gasteiger partial charge >= 0.3 is 0 Å². The predicted molar refractivity (Wildman–Crippen MR) is 184 cm³/mol. The van der Waals surface area contributed by atoms with Gasteiger partial charge in [0.25, 0.3) is 11.8 Å². The fourth-order valence-corrected chi connectivity index (χ4v) is 7.19. The van der Waals surface area contributed by atoms with E-state index < -0.39 is 22.5 Å². The van der Waals surface area contributed by atoms with Crippen LogP contribution in [0.15, 0.2) is 85.5 Å². The maximum atomic E-state index is 14.4. The summed E-state index contributed by atoms with van der Waals surface area (Å²) in [5, 5.41) is 20.3. The minimum atomic E-state index is -1.31. The van der Waals surface area contributed by atoms with Gasteiger partial charge in [0.15, 0.2) is 0 Å². The molecule has 0 radical (unpaired) electrons. The second kappa shape index (κ2) is 11.5. The average Bonchev–Trinajstić information content (AvgIpc) is 3.90. The highest BCUT2D eigenvalue weighted by atomic mass is 35.5. The van der Waals surface area contributed by atoms with Crippen molar-refractivity contribution in [3.63, 3.8) is 0 Å². The first-order valence-electron chi connectivity index (χ1n) is 16.0. The Bertz CT molecular complexity index is 2200. The number of nitrogens with zero attached hydrogens (tertiary/aromatic N) is 7. The molecule has 1 aliphatic heterocycles. The van der Waals surface area contributed by atoms with Crippen LogP contribution >= 0.6 is 23.2 Å². The lowest BCUT2D eigenvalue weighted by Gasteiger charge is -2.27. The summed E-state index contributed by atoms with van der Waals surface area (Å²) >= 11 is 12.7. The van der Waals surface area contributed by atoms with Crippen LogP contribution < -0.4 is 15.5 Å². The molecule has 0 spiro atoms. The lowest BCUT2D eigenvalue weighted by molar-refractivity contribution is -0.125. The molecule has 1 atom stereocenters. The van der Waals surface area contributed by atoms with E-state index in [9.17, 15) is 19.6 Å². The lowest BCUT2D eigenvalue weighted by Crippen LogP contribution is -2.52. The van der Waals surface area contributed by atoms with Gasteiger partial charge in [0, 0.05) is 28.9 Å². The number of anilines is 2. The molecule has 250 valence electrons. The smallest absolute Gasteiger partial charge is 0.270 e. The third kappa shape index (κ3) is 5.30. The van der Waals surface area contributed by atoms with E-state index >= 15 is 0 Å². The van der Waals surface area contributed by atoms with Crippen molar-refractivity contribution in [2.75, 3.05) is 4.90 Å². The Morgan fingerprint density at radius 3 is 2.28 bits per heavy atom. The van der Waals surface area contributed by atoms with E-state index in [0.717, 1.165) is 29.8 Å². The van der Waals surface area contributed by atoms with Crippen LogP contribution in [0, 0.1) is 11.3 Å². The van der Waals surface area contributed by atoms with Crippen molar-refractivity contribution < 1.29 is 14.4 Å². The second-order valence-electron chi connectivity index (χ2n) is 13.2. The van der Waals surface area contributed by atoms with Gasteiger partial charge in [-0.2, -0.15) is 10.4 Å². The third-order valence-corrected chi connectivity index (χ3v) is 10.2. The predicted octanol–water partition coefficient (Wildman–Crippen LogP) is 5.35. The van der Waals surface area contributed by atoms with Crippen LogP contribution in [0.25, 0.3) is 5.69 Å². The number of hydrogen-bond acceptors (Lipinski definition) is 7. The molecule has 0 bridgehead atoms. The molecular formula is C36H29Cl2N9O3. The van der Waals surface area contributed by atoms with Gasteiger partial charge in [0.2, 0.25) is 11.9 Å². The summed E-state index contributed by atoms with van der Waals surface area (Å²) in [6, 6.07) is 19.4. The Morgan fingerprint density at radius 1 is 0.940 bits per heavy atom. The van der Waals surface area contributed by atoms with Crippen LogP contribution in [0.2, 0.25) is 10.0 Å². The zero-order valence-corrected chi connectivity index (χ0v) is 28.2. The van der Waals surface area contributed by atoms with Crippen molar-refractivity contribution in [3.05, 3.63) is 118 Å². The molecule has 50 heavy (non-hydrogen) atoms. The van der Waals surface area contributed by atoms with Gasteiger partial charge < -0.3 is 10.6 Å². The number of aromatic nitrogens is 5. The van der Waals surface area contributed by atoms with E-state index in [0.29, 0.717) is 34.1 Å². The summed E-state index contributed by atoms with van der Waals surface area (Å²) in [7, 11) is 0. The Kier molecular flexibility index (Phi) is 7.32. The van der Waals surface area contributed by atoms with Crippen molar-refractivity contribution in [1.82, 2.24) is 34.9 Å². The zero-order valence-electron chi connectivity index (χ0n) is 26.7. The number of carbonyl (C=O) groups is 3. The Morgan fingerprint density at radius 2 is 1.68 bits per heavy atom. The van der Waals surface area contributed by atoms with Gasteiger partial charge in [-0.1, -0.05) is 35.3 Å². The first-order chi connectivity index (χ1) is 24.0. The minimum Gasteiger partial charge on any atom is -0.343 e. The molecule has 2 saturated carbocycles. The summed E-state index contributed by atoms with van der Waals surface area (Å²) < 4.78 is 3.32. The first kappa shape index (κ1) is 31.7. The molecule has 0 unspecified atom stereocenters. The summed E-state index contributed by atoms with van der Waals surface area (Å²) in [5.74, 6) is -0.953. The van der Waals surface area contributed by atoms with E-state index in [1.165, 1.54) is 11.1 Å². The fraction of sp³-hybridized carbons (Fsp3) is 0.250. The van der Waals surface area contributed by atoms with Crippen LogP contribution in [0.5, 0.6) is 0 Å². The van der Waals surface area contributed by atoms with Crippen molar-refractivity contribution >= 4 is 52.6 Å². The molecule has 0 saturated heterocycles. The van der Waals surface area contributed by atoms with Crippen molar-refractivity contribution in [2.45, 2.75) is 55.6 Å². The van der Waals surface area contributed by atoms with Crippen LogP contribution in [0.3, 0.4) is 0 Å². The maximum absolute atomic E-state index is 14.4. The molecule has 8 rings (SSSR count). The number of nitriles is 1. The van der Waals surface area contributed by atoms with E-state index in [2.05, 4.69) is 31.8 Å². The molecule has 5 aromatic rings. The first-order valence-corrected chi connectivity index (χ1v) is 16.8. The van der Waals surface area contributed by atoms with Gasteiger partial charge in [-0.3, -0.25) is 23.9 Å². The van der Waals surface area contributed by atoms with Gasteiger partial charge in [-0.05, 0) is 86.7 Å². The largest absolute Gasteiger partial charge is 0.343 e. The van der Waals surface area contributed by atoms with E-state index in [4.69, 9.17) is 23.2 Å². The number of benzene rings is 2. The minimum absolute atomic E-state index is 0.121. The SMILES string of the molecule is C[C@@]1(Cc2ccc(C#N)cc2)C(=O)N(c2cc(Cl)cc(Cl)c2)c2ncc(C(=O)NC3(C(=O)NC4(c5ccc(-n6cccn6)cn5)CC4)CC3)n21. The van der Waals surface area contributed by atoms with Gasteiger partial charge in [0.05, 0.1) is 46.6 Å². The molecule has 4 heterocycles. The number of carbonyl (C=O) groups excluding carboxylic acids is 3. The normalized spacial score (nSPS) is 19.4. The van der Waals surface area contributed by atoms with Crippen LogP contribution in [0.1, 0.15) is 59.9 Å². The topological polar surface area (TPSA) is 151 Å². The molecule has 2 aliphatic carbocycles. The highest BCUT2D eigenvalue weighted by Crippen LogP contribution is 2.47. The van der Waals surface area contributed by atoms with Crippen LogP contribution in [-0.4, -0.2) is 47.6 Å². The Balaban J connectivity index is 1.08. The highest BCUT2D eigenvalue weighted by molar-refractivity contribution is 6.35. The van der Waals surface area contributed by atoms with Crippen molar-refractivity contribution in [1.29, 1.82) is 5.26 Å². The number of pyridine rings is 1. The third-order valence-electron chi connectivity index (χ3n) is 9.72. The summed E-state index contributed by atoms with van der Waals surface area (Å²) in [6.45, 7) is 1.74. The summed E-state index contributed by atoms with van der Waals surface area (Å²) in [5.41, 5.74) is 0.297. The summed E-state index contributed by atoms with van der Waals surface area (Å²) in [6.07, 6.45) is 9.22. The van der Waals surface area contributed by atoms with Gasteiger partial charge in [-0.25, -0.2) is 14.6 Å². The average molecular weight is 707 g/mol. The standard InChI is InChI=1S/C36H29Cl2N9O3/c1-34(18-22-3-5-23(19-39)6-4-22)32(50)46(27-16-24(37)15-25(38)17-27)33-41-21-28(47(33)34)30(48)43-36(11-12-36)31(49)44-35(9-10-35)29-8-7-26(20-40-29)45-14-2-13-42-45/h2-8,13-17,20-21H,9-12,18H2,1H3,(H,43,48)(H,44,49)/t34-/m1/s1. The van der Waals surface area contributed by atoms with E-state index in [1.807, 2.05) is 24.4 Å². The second-order valence-corrected chi connectivity index (χ2v) is 14.1. The number of hydrogen-bond donors (Lipinski definition) is 2. The number of imidazole rings is 1. The number of halogens is 2. The molecule has 3 aliphatic rings. The fourth-order valence-electron chi connectivity index (χ4n) is 6.67. The van der Waals surface area contributed by atoms with Crippen LogP contribution in [0.4, 0.5) is 11.6 Å². The number of amides is 3. The zero-order chi connectivity index (χ0) is 34.8. The molecule has 3 aromatic heterocycles. The number of rotatable bonds is 9. The monoisotopic (exact) mass is 705 g/mol. The maximum Gasteiger partial charge on any atom is 0.270 e. The van der Waals surface area contributed by atoms with E-state index in [-0.39, 0.29) is 29.9 Å². The molecule has 14 heteroatoms. The van der Waals surface area contributed by atoms with Crippen molar-refractivity contribution in [2.24, 2.45) is 0 Å². The van der Waals surface area contributed by atoms with E-state index in [1.54, 1.807) is 71.0 Å². The molecule has 3 amide bonds. The Labute approximate surface area is 296 Å². The number of nitrogens with one attached hydrogen (secondary N) is 2. The molecule has 2 N–H and O–H groups in total. The molecular weight excluding hydrogens is 677 g/mol. The van der Waals surface area contributed by atoms with Gasteiger partial charge in [0.1, 0.15) is 16.8 Å². The molecule has 12 nitrogen and oxygen atoms in total. The molecule has 2 aromatic carbocycles. The van der Waals surface area contributed by atoms with Gasteiger partial charge in [-0.15, -0.1) is 0 Å². The van der Waals surface area contributed by atoms with Crippen LogP contribution in [-0.2, 0) is 27.1 Å².